The van der Waals surface area contributed by atoms with Gasteiger partial charge in [0.2, 0.25) is 10.0 Å². The summed E-state index contributed by atoms with van der Waals surface area (Å²) in [4.78, 5) is 0.318. The van der Waals surface area contributed by atoms with Crippen LogP contribution in [0.4, 0.5) is 0 Å². The number of hydrogen-bond acceptors (Lipinski definition) is 3. The molecule has 4 nitrogen and oxygen atoms in total. The predicted octanol–water partition coefficient (Wildman–Crippen LogP) is 3.28. The Labute approximate surface area is 137 Å². The van der Waals surface area contributed by atoms with Crippen LogP contribution in [0, 0.1) is 13.8 Å². The molecule has 2 aromatic rings. The van der Waals surface area contributed by atoms with Gasteiger partial charge >= 0.3 is 0 Å². The van der Waals surface area contributed by atoms with Crippen molar-refractivity contribution in [3.8, 4) is 5.75 Å². The summed E-state index contributed by atoms with van der Waals surface area (Å²) < 4.78 is 33.9. The third-order valence-electron chi connectivity index (χ3n) is 4.60. The van der Waals surface area contributed by atoms with Crippen molar-refractivity contribution in [1.29, 1.82) is 0 Å². The molecule has 0 heterocycles. The number of rotatable bonds is 5. The van der Waals surface area contributed by atoms with Gasteiger partial charge in [0.25, 0.3) is 0 Å². The lowest BCUT2D eigenvalue weighted by Crippen LogP contribution is -2.35. The summed E-state index contributed by atoms with van der Waals surface area (Å²) in [6.45, 7) is 3.69. The first-order valence-corrected chi connectivity index (χ1v) is 9.12. The number of ether oxygens (including phenoxy) is 1. The first-order chi connectivity index (χ1) is 10.9. The van der Waals surface area contributed by atoms with Crippen LogP contribution in [0.1, 0.15) is 29.5 Å². The monoisotopic (exact) mass is 331 g/mol. The Kier molecular flexibility index (Phi) is 3.94. The third-order valence-corrected chi connectivity index (χ3v) is 6.28. The van der Waals surface area contributed by atoms with E-state index in [9.17, 15) is 8.42 Å². The molecule has 1 aliphatic carbocycles. The summed E-state index contributed by atoms with van der Waals surface area (Å²) in [5, 5.41) is 0. The summed E-state index contributed by atoms with van der Waals surface area (Å²) in [5.41, 5.74) is 2.13. The number of benzene rings is 2. The second kappa shape index (κ2) is 5.65. The Balaban J connectivity index is 1.96. The van der Waals surface area contributed by atoms with Crippen molar-refractivity contribution >= 4 is 10.0 Å². The van der Waals surface area contributed by atoms with Gasteiger partial charge in [0.05, 0.1) is 17.5 Å². The molecule has 0 aromatic heterocycles. The van der Waals surface area contributed by atoms with E-state index in [2.05, 4.69) is 4.72 Å². The molecule has 1 saturated carbocycles. The van der Waals surface area contributed by atoms with E-state index in [1.165, 1.54) is 0 Å². The highest BCUT2D eigenvalue weighted by atomic mass is 32.2. The van der Waals surface area contributed by atoms with E-state index in [4.69, 9.17) is 4.74 Å². The van der Waals surface area contributed by atoms with Gasteiger partial charge in [0.15, 0.2) is 0 Å². The van der Waals surface area contributed by atoms with Gasteiger partial charge in [0.1, 0.15) is 5.75 Å². The average Bonchev–Trinajstić information content (AvgIpc) is 3.30. The molecule has 2 aromatic carbocycles. The van der Waals surface area contributed by atoms with Crippen LogP contribution in [0.25, 0.3) is 0 Å². The van der Waals surface area contributed by atoms with Gasteiger partial charge in [-0.15, -0.1) is 0 Å². The first-order valence-electron chi connectivity index (χ1n) is 7.63. The van der Waals surface area contributed by atoms with Crippen molar-refractivity contribution in [3.63, 3.8) is 0 Å². The lowest BCUT2D eigenvalue weighted by atomic mass is 10.1. The SMILES string of the molecule is COc1ccc(S(=O)(=O)NC2(c3ccccc3)CC2)c(C)c1C. The standard InChI is InChI=1S/C18H21NO3S/c1-13-14(2)17(10-9-16(13)22-3)23(20,21)19-18(11-12-18)15-7-5-4-6-8-15/h4-10,19H,11-12H2,1-3H3. The van der Waals surface area contributed by atoms with E-state index in [0.717, 1.165) is 29.5 Å². The maximum Gasteiger partial charge on any atom is 0.241 e. The van der Waals surface area contributed by atoms with Gasteiger partial charge in [-0.05, 0) is 55.5 Å². The maximum atomic E-state index is 12.9. The molecular weight excluding hydrogens is 310 g/mol. The van der Waals surface area contributed by atoms with Gasteiger partial charge in [-0.1, -0.05) is 30.3 Å². The molecule has 0 saturated heterocycles. The van der Waals surface area contributed by atoms with E-state index in [0.29, 0.717) is 10.6 Å². The lowest BCUT2D eigenvalue weighted by Gasteiger charge is -2.20. The van der Waals surface area contributed by atoms with Gasteiger partial charge in [-0.2, -0.15) is 0 Å². The van der Waals surface area contributed by atoms with E-state index < -0.39 is 15.6 Å². The van der Waals surface area contributed by atoms with Crippen molar-refractivity contribution in [2.24, 2.45) is 0 Å². The molecular formula is C18H21NO3S. The number of nitrogens with one attached hydrogen (secondary N) is 1. The highest BCUT2D eigenvalue weighted by molar-refractivity contribution is 7.89. The number of hydrogen-bond donors (Lipinski definition) is 1. The van der Waals surface area contributed by atoms with Gasteiger partial charge in [0, 0.05) is 0 Å². The Morgan fingerprint density at radius 1 is 1.00 bits per heavy atom. The molecule has 23 heavy (non-hydrogen) atoms. The Bertz CT molecular complexity index is 825. The maximum absolute atomic E-state index is 12.9. The zero-order valence-electron chi connectivity index (χ0n) is 13.6. The first kappa shape index (κ1) is 16.0. The molecule has 0 spiro atoms. The fraction of sp³-hybridized carbons (Fsp3) is 0.333. The van der Waals surface area contributed by atoms with Crippen molar-refractivity contribution in [1.82, 2.24) is 4.72 Å². The zero-order valence-corrected chi connectivity index (χ0v) is 14.4. The minimum atomic E-state index is -3.59. The Morgan fingerprint density at radius 3 is 2.22 bits per heavy atom. The molecule has 0 unspecified atom stereocenters. The normalized spacial score (nSPS) is 16.1. The molecule has 1 aliphatic rings. The summed E-state index contributed by atoms with van der Waals surface area (Å²) in [5.74, 6) is 0.700. The molecule has 1 fully saturated rings. The summed E-state index contributed by atoms with van der Waals surface area (Å²) >= 11 is 0. The molecule has 5 heteroatoms. The molecule has 0 atom stereocenters. The lowest BCUT2D eigenvalue weighted by molar-refractivity contribution is 0.410. The van der Waals surface area contributed by atoms with Gasteiger partial charge in [-0.25, -0.2) is 13.1 Å². The van der Waals surface area contributed by atoms with Crippen LogP contribution in [0.2, 0.25) is 0 Å². The molecule has 0 amide bonds. The van der Waals surface area contributed by atoms with Crippen LogP contribution in [0.15, 0.2) is 47.4 Å². The van der Waals surface area contributed by atoms with Crippen LogP contribution >= 0.6 is 0 Å². The minimum Gasteiger partial charge on any atom is -0.496 e. The van der Waals surface area contributed by atoms with Crippen LogP contribution in [0.5, 0.6) is 5.75 Å². The topological polar surface area (TPSA) is 55.4 Å². The minimum absolute atomic E-state index is 0.318. The number of sulfonamides is 1. The summed E-state index contributed by atoms with van der Waals surface area (Å²) in [7, 11) is -2.00. The smallest absolute Gasteiger partial charge is 0.241 e. The number of methoxy groups -OCH3 is 1. The van der Waals surface area contributed by atoms with E-state index in [1.54, 1.807) is 19.2 Å². The van der Waals surface area contributed by atoms with Crippen LogP contribution < -0.4 is 9.46 Å². The van der Waals surface area contributed by atoms with Crippen LogP contribution in [-0.2, 0) is 15.6 Å². The van der Waals surface area contributed by atoms with E-state index in [1.807, 2.05) is 44.2 Å². The average molecular weight is 331 g/mol. The molecule has 0 bridgehead atoms. The molecule has 1 N–H and O–H groups in total. The molecule has 0 radical (unpaired) electrons. The van der Waals surface area contributed by atoms with E-state index >= 15 is 0 Å². The fourth-order valence-corrected chi connectivity index (χ4v) is 4.68. The summed E-state index contributed by atoms with van der Waals surface area (Å²) in [6, 6.07) is 13.1. The fourth-order valence-electron chi connectivity index (χ4n) is 2.93. The largest absolute Gasteiger partial charge is 0.496 e. The highest BCUT2D eigenvalue weighted by Gasteiger charge is 2.47. The van der Waals surface area contributed by atoms with Crippen LogP contribution in [-0.4, -0.2) is 15.5 Å². The second-order valence-electron chi connectivity index (χ2n) is 6.07. The molecule has 0 aliphatic heterocycles. The quantitative estimate of drug-likeness (QED) is 0.915. The predicted molar refractivity (Wildman–Crippen MR) is 90.1 cm³/mol. The van der Waals surface area contributed by atoms with Crippen molar-refractivity contribution in [3.05, 3.63) is 59.2 Å². The zero-order chi connectivity index (χ0) is 16.7. The van der Waals surface area contributed by atoms with Crippen molar-refractivity contribution in [2.75, 3.05) is 7.11 Å². The van der Waals surface area contributed by atoms with Gasteiger partial charge in [-0.3, -0.25) is 0 Å². The molecule has 122 valence electrons. The Hall–Kier alpha value is -1.85. The van der Waals surface area contributed by atoms with Gasteiger partial charge < -0.3 is 4.74 Å². The summed E-state index contributed by atoms with van der Waals surface area (Å²) in [6.07, 6.45) is 1.65. The highest BCUT2D eigenvalue weighted by Crippen LogP contribution is 2.46. The van der Waals surface area contributed by atoms with Crippen molar-refractivity contribution in [2.45, 2.75) is 37.1 Å². The third kappa shape index (κ3) is 2.86. The Morgan fingerprint density at radius 2 is 1.65 bits per heavy atom. The van der Waals surface area contributed by atoms with E-state index in [-0.39, 0.29) is 0 Å². The molecule has 3 rings (SSSR count). The van der Waals surface area contributed by atoms with Crippen molar-refractivity contribution < 1.29 is 13.2 Å². The van der Waals surface area contributed by atoms with Crippen LogP contribution in [0.3, 0.4) is 0 Å². The second-order valence-corrected chi connectivity index (χ2v) is 7.72.